The number of nitrogens with two attached hydrogens (primary N) is 1. The Morgan fingerprint density at radius 3 is 2.81 bits per heavy atom. The quantitative estimate of drug-likeness (QED) is 0.765. The smallest absolute Gasteiger partial charge is 0.124 e. The Balaban J connectivity index is 1.95. The lowest BCUT2D eigenvalue weighted by molar-refractivity contribution is 0.624. The number of benzene rings is 2. The van der Waals surface area contributed by atoms with Gasteiger partial charge in [0, 0.05) is 22.1 Å². The van der Waals surface area contributed by atoms with Crippen LogP contribution in [-0.2, 0) is 6.42 Å². The molecule has 0 aliphatic carbocycles. The Morgan fingerprint density at radius 2 is 2.00 bits per heavy atom. The summed E-state index contributed by atoms with van der Waals surface area (Å²) in [6.07, 6.45) is 2.41. The van der Waals surface area contributed by atoms with E-state index in [4.69, 9.17) is 5.73 Å². The molecule has 0 saturated carbocycles. The topological polar surface area (TPSA) is 38.9 Å². The van der Waals surface area contributed by atoms with Crippen LogP contribution in [0.3, 0.4) is 0 Å². The van der Waals surface area contributed by atoms with Crippen LogP contribution < -0.4 is 5.73 Å². The van der Waals surface area contributed by atoms with Gasteiger partial charge < -0.3 is 5.73 Å². The number of pyridine rings is 1. The predicted molar refractivity (Wildman–Crippen MR) is 86.5 cm³/mol. The first-order chi connectivity index (χ1) is 10.1. The second kappa shape index (κ2) is 5.92. The number of nitrogens with zero attached hydrogens (tertiary/aromatic N) is 1. The molecule has 2 aromatic carbocycles. The average molecular weight is 345 g/mol. The van der Waals surface area contributed by atoms with Gasteiger partial charge in [-0.2, -0.15) is 0 Å². The molecule has 0 aliphatic rings. The van der Waals surface area contributed by atoms with Crippen molar-refractivity contribution < 1.29 is 4.39 Å². The maximum atomic E-state index is 13.1. The number of rotatable bonds is 3. The summed E-state index contributed by atoms with van der Waals surface area (Å²) in [7, 11) is 0. The Hall–Kier alpha value is -1.78. The summed E-state index contributed by atoms with van der Waals surface area (Å²) in [6.45, 7) is 0. The number of halogens is 2. The molecule has 3 aromatic rings. The molecule has 1 heterocycles. The number of aromatic nitrogens is 1. The van der Waals surface area contributed by atoms with E-state index in [-0.39, 0.29) is 11.9 Å². The minimum atomic E-state index is -0.256. The molecule has 21 heavy (non-hydrogen) atoms. The van der Waals surface area contributed by atoms with E-state index in [2.05, 4.69) is 20.9 Å². The van der Waals surface area contributed by atoms with Gasteiger partial charge in [0.25, 0.3) is 0 Å². The van der Waals surface area contributed by atoms with Crippen molar-refractivity contribution in [3.8, 4) is 0 Å². The van der Waals surface area contributed by atoms with E-state index in [0.717, 1.165) is 26.5 Å². The Kier molecular flexibility index (Phi) is 3.99. The molecular weight excluding hydrogens is 331 g/mol. The van der Waals surface area contributed by atoms with Gasteiger partial charge in [-0.3, -0.25) is 4.98 Å². The van der Waals surface area contributed by atoms with Gasteiger partial charge in [0.1, 0.15) is 5.82 Å². The van der Waals surface area contributed by atoms with Crippen LogP contribution in [0.2, 0.25) is 0 Å². The molecule has 106 valence electrons. The van der Waals surface area contributed by atoms with Crippen LogP contribution in [0.15, 0.2) is 59.2 Å². The molecule has 3 rings (SSSR count). The monoisotopic (exact) mass is 344 g/mol. The largest absolute Gasteiger partial charge is 0.324 e. The minimum absolute atomic E-state index is 0.167. The van der Waals surface area contributed by atoms with E-state index in [1.807, 2.05) is 30.3 Å². The fourth-order valence-corrected chi connectivity index (χ4v) is 3.00. The number of hydrogen-bond donors (Lipinski definition) is 1. The summed E-state index contributed by atoms with van der Waals surface area (Å²) in [5.41, 5.74) is 9.33. The average Bonchev–Trinajstić information content (AvgIpc) is 2.49. The van der Waals surface area contributed by atoms with Crippen molar-refractivity contribution in [2.24, 2.45) is 5.73 Å². The maximum Gasteiger partial charge on any atom is 0.124 e. The van der Waals surface area contributed by atoms with Gasteiger partial charge in [0.05, 0.1) is 5.52 Å². The lowest BCUT2D eigenvalue weighted by Gasteiger charge is -2.15. The van der Waals surface area contributed by atoms with E-state index in [9.17, 15) is 4.39 Å². The summed E-state index contributed by atoms with van der Waals surface area (Å²) in [6, 6.07) is 14.4. The highest BCUT2D eigenvalue weighted by Crippen LogP contribution is 2.27. The van der Waals surface area contributed by atoms with Gasteiger partial charge in [-0.1, -0.05) is 40.2 Å². The Bertz CT molecular complexity index is 783. The van der Waals surface area contributed by atoms with Crippen molar-refractivity contribution in [2.75, 3.05) is 0 Å². The summed E-state index contributed by atoms with van der Waals surface area (Å²) < 4.78 is 13.9. The third-order valence-corrected chi connectivity index (χ3v) is 4.27. The first-order valence-electron chi connectivity index (χ1n) is 6.68. The van der Waals surface area contributed by atoms with Crippen molar-refractivity contribution in [1.82, 2.24) is 4.98 Å². The summed E-state index contributed by atoms with van der Waals surface area (Å²) in [5, 5.41) is 1.06. The predicted octanol–water partition coefficient (Wildman–Crippen LogP) is 4.38. The highest BCUT2D eigenvalue weighted by atomic mass is 79.9. The van der Waals surface area contributed by atoms with Gasteiger partial charge in [-0.15, -0.1) is 0 Å². The minimum Gasteiger partial charge on any atom is -0.324 e. The van der Waals surface area contributed by atoms with Crippen LogP contribution in [0.1, 0.15) is 17.2 Å². The molecule has 4 heteroatoms. The molecule has 0 bridgehead atoms. The van der Waals surface area contributed by atoms with E-state index >= 15 is 0 Å². The van der Waals surface area contributed by atoms with Crippen molar-refractivity contribution in [1.29, 1.82) is 0 Å². The van der Waals surface area contributed by atoms with Crippen LogP contribution in [-0.4, -0.2) is 4.98 Å². The molecule has 1 aromatic heterocycles. The van der Waals surface area contributed by atoms with Gasteiger partial charge in [-0.25, -0.2) is 4.39 Å². The summed E-state index contributed by atoms with van der Waals surface area (Å²) >= 11 is 3.39. The highest BCUT2D eigenvalue weighted by Gasteiger charge is 2.13. The third-order valence-electron chi connectivity index (χ3n) is 3.53. The fraction of sp³-hybridized carbons (Fsp3) is 0.118. The van der Waals surface area contributed by atoms with Gasteiger partial charge in [0.15, 0.2) is 0 Å². The maximum absolute atomic E-state index is 13.1. The number of fused-ring (bicyclic) bond motifs is 1. The molecular formula is C17H14BrFN2. The van der Waals surface area contributed by atoms with E-state index in [1.165, 1.54) is 12.1 Å². The first-order valence-corrected chi connectivity index (χ1v) is 7.47. The van der Waals surface area contributed by atoms with Gasteiger partial charge >= 0.3 is 0 Å². The molecule has 0 amide bonds. The number of hydrogen-bond acceptors (Lipinski definition) is 2. The lowest BCUT2D eigenvalue weighted by atomic mass is 9.96. The van der Waals surface area contributed by atoms with Crippen LogP contribution in [0, 0.1) is 5.82 Å². The van der Waals surface area contributed by atoms with Crippen LogP contribution in [0.25, 0.3) is 10.9 Å². The lowest BCUT2D eigenvalue weighted by Crippen LogP contribution is -2.14. The molecule has 1 unspecified atom stereocenters. The normalized spacial score (nSPS) is 12.5. The second-order valence-corrected chi connectivity index (χ2v) is 5.82. The molecule has 0 saturated heterocycles. The highest BCUT2D eigenvalue weighted by molar-refractivity contribution is 9.10. The molecule has 1 atom stereocenters. The van der Waals surface area contributed by atoms with Crippen LogP contribution >= 0.6 is 15.9 Å². The summed E-state index contributed by atoms with van der Waals surface area (Å²) in [5.74, 6) is -0.256. The van der Waals surface area contributed by atoms with Crippen LogP contribution in [0.5, 0.6) is 0 Å². The molecule has 0 spiro atoms. The fourth-order valence-electron chi connectivity index (χ4n) is 2.48. The third kappa shape index (κ3) is 2.96. The summed E-state index contributed by atoms with van der Waals surface area (Å²) in [4.78, 5) is 4.35. The Labute approximate surface area is 130 Å². The molecule has 0 aliphatic heterocycles. The standard InChI is InChI=1S/C17H14BrFN2/c18-15-10-12(19)7-6-11(15)9-16(20)13-3-1-5-17-14(13)4-2-8-21-17/h1-8,10,16H,9,20H2. The zero-order valence-corrected chi connectivity index (χ0v) is 12.8. The van der Waals surface area contributed by atoms with Crippen molar-refractivity contribution in [2.45, 2.75) is 12.5 Å². The first kappa shape index (κ1) is 14.2. The van der Waals surface area contributed by atoms with Crippen molar-refractivity contribution >= 4 is 26.8 Å². The second-order valence-electron chi connectivity index (χ2n) is 4.96. The van der Waals surface area contributed by atoms with E-state index < -0.39 is 0 Å². The SMILES string of the molecule is NC(Cc1ccc(F)cc1Br)c1cccc2ncccc12. The van der Waals surface area contributed by atoms with Crippen LogP contribution in [0.4, 0.5) is 4.39 Å². The molecule has 2 N–H and O–H groups in total. The molecule has 0 fully saturated rings. The van der Waals surface area contributed by atoms with Gasteiger partial charge in [-0.05, 0) is 41.8 Å². The Morgan fingerprint density at radius 1 is 1.14 bits per heavy atom. The van der Waals surface area contributed by atoms with Gasteiger partial charge in [0.2, 0.25) is 0 Å². The van der Waals surface area contributed by atoms with Crippen molar-refractivity contribution in [3.63, 3.8) is 0 Å². The van der Waals surface area contributed by atoms with E-state index in [1.54, 1.807) is 12.3 Å². The molecule has 2 nitrogen and oxygen atoms in total. The van der Waals surface area contributed by atoms with E-state index in [0.29, 0.717) is 6.42 Å². The van der Waals surface area contributed by atoms with Crippen molar-refractivity contribution in [3.05, 3.63) is 76.1 Å². The zero-order valence-electron chi connectivity index (χ0n) is 11.3. The molecule has 0 radical (unpaired) electrons. The zero-order chi connectivity index (χ0) is 14.8.